The summed E-state index contributed by atoms with van der Waals surface area (Å²) in [5.74, 6) is 0.277. The Morgan fingerprint density at radius 3 is 2.70 bits per heavy atom. The molecule has 0 fully saturated rings. The molecule has 0 N–H and O–H groups in total. The van der Waals surface area contributed by atoms with Crippen molar-refractivity contribution < 1.29 is 9.15 Å². The summed E-state index contributed by atoms with van der Waals surface area (Å²) in [7, 11) is 0. The molecule has 122 valence electrons. The van der Waals surface area contributed by atoms with Crippen molar-refractivity contribution in [2.45, 2.75) is 40.0 Å². The summed E-state index contributed by atoms with van der Waals surface area (Å²) < 4.78 is 10.8. The Labute approximate surface area is 137 Å². The Balaban J connectivity index is 1.88. The lowest BCUT2D eigenvalue weighted by Crippen LogP contribution is -2.07. The van der Waals surface area contributed by atoms with Gasteiger partial charge in [0.2, 0.25) is 5.75 Å². The fourth-order valence-corrected chi connectivity index (χ4v) is 2.31. The van der Waals surface area contributed by atoms with Crippen molar-refractivity contribution in [3.63, 3.8) is 0 Å². The predicted molar refractivity (Wildman–Crippen MR) is 95.0 cm³/mol. The van der Waals surface area contributed by atoms with E-state index < -0.39 is 5.63 Å². The summed E-state index contributed by atoms with van der Waals surface area (Å²) >= 11 is 0. The van der Waals surface area contributed by atoms with Crippen molar-refractivity contribution in [2.24, 2.45) is 0 Å². The minimum absolute atomic E-state index is 0.277. The SMILES string of the molecule is CC(C)=CCC/C(C)=C/CCOc1cc2ccccc2oc1=O. The summed E-state index contributed by atoms with van der Waals surface area (Å²) in [4.78, 5) is 11.9. The third-order valence-corrected chi connectivity index (χ3v) is 3.57. The summed E-state index contributed by atoms with van der Waals surface area (Å²) in [6.07, 6.45) is 7.33. The maximum Gasteiger partial charge on any atom is 0.379 e. The summed E-state index contributed by atoms with van der Waals surface area (Å²) in [5.41, 5.74) is 2.86. The highest BCUT2D eigenvalue weighted by molar-refractivity contribution is 5.77. The zero-order valence-corrected chi connectivity index (χ0v) is 14.1. The predicted octanol–water partition coefficient (Wildman–Crippen LogP) is 5.25. The van der Waals surface area contributed by atoms with Crippen LogP contribution in [0.5, 0.6) is 5.75 Å². The van der Waals surface area contributed by atoms with E-state index in [1.807, 2.05) is 18.2 Å². The molecule has 2 rings (SSSR count). The highest BCUT2D eigenvalue weighted by atomic mass is 16.5. The molecular weight excluding hydrogens is 288 g/mol. The first-order chi connectivity index (χ1) is 11.1. The molecule has 0 saturated carbocycles. The van der Waals surface area contributed by atoms with Crippen molar-refractivity contribution in [1.82, 2.24) is 0 Å². The number of rotatable bonds is 7. The van der Waals surface area contributed by atoms with Gasteiger partial charge in [-0.3, -0.25) is 0 Å². The van der Waals surface area contributed by atoms with Crippen molar-refractivity contribution >= 4 is 11.0 Å². The molecule has 0 atom stereocenters. The van der Waals surface area contributed by atoms with E-state index in [9.17, 15) is 4.79 Å². The number of para-hydroxylation sites is 1. The van der Waals surface area contributed by atoms with Gasteiger partial charge >= 0.3 is 5.63 Å². The summed E-state index contributed by atoms with van der Waals surface area (Å²) in [5, 5.41) is 0.871. The van der Waals surface area contributed by atoms with E-state index in [-0.39, 0.29) is 5.75 Å². The molecule has 3 heteroatoms. The van der Waals surface area contributed by atoms with E-state index in [0.717, 1.165) is 24.6 Å². The first-order valence-electron chi connectivity index (χ1n) is 8.01. The number of benzene rings is 1. The fourth-order valence-electron chi connectivity index (χ4n) is 2.31. The Kier molecular flexibility index (Phi) is 6.21. The second-order valence-corrected chi connectivity index (χ2v) is 5.94. The average molecular weight is 312 g/mol. The van der Waals surface area contributed by atoms with Crippen LogP contribution < -0.4 is 10.4 Å². The van der Waals surface area contributed by atoms with Gasteiger partial charge in [0.1, 0.15) is 5.58 Å². The van der Waals surface area contributed by atoms with Gasteiger partial charge in [-0.2, -0.15) is 0 Å². The number of hydrogen-bond donors (Lipinski definition) is 0. The minimum atomic E-state index is -0.423. The van der Waals surface area contributed by atoms with E-state index >= 15 is 0 Å². The Morgan fingerprint density at radius 1 is 1.13 bits per heavy atom. The molecule has 0 aliphatic rings. The van der Waals surface area contributed by atoms with Crippen LogP contribution in [0.2, 0.25) is 0 Å². The number of hydrogen-bond acceptors (Lipinski definition) is 3. The Bertz CT molecular complexity index is 762. The van der Waals surface area contributed by atoms with Crippen molar-refractivity contribution in [3.05, 3.63) is 64.1 Å². The van der Waals surface area contributed by atoms with Gasteiger partial charge in [0, 0.05) is 5.39 Å². The van der Waals surface area contributed by atoms with E-state index in [4.69, 9.17) is 9.15 Å². The molecule has 0 bridgehead atoms. The van der Waals surface area contributed by atoms with Crippen LogP contribution in [0.15, 0.2) is 62.8 Å². The van der Waals surface area contributed by atoms with Gasteiger partial charge < -0.3 is 9.15 Å². The molecule has 2 aromatic rings. The third-order valence-electron chi connectivity index (χ3n) is 3.57. The quantitative estimate of drug-likeness (QED) is 0.398. The molecule has 0 unspecified atom stereocenters. The summed E-state index contributed by atoms with van der Waals surface area (Å²) in [6.45, 7) is 6.83. The van der Waals surface area contributed by atoms with E-state index in [0.29, 0.717) is 12.2 Å². The van der Waals surface area contributed by atoms with Crippen LogP contribution in [0.25, 0.3) is 11.0 Å². The van der Waals surface area contributed by atoms with Gasteiger partial charge in [0.25, 0.3) is 0 Å². The van der Waals surface area contributed by atoms with Crippen LogP contribution >= 0.6 is 0 Å². The lowest BCUT2D eigenvalue weighted by Gasteiger charge is -2.05. The zero-order valence-electron chi connectivity index (χ0n) is 14.1. The van der Waals surface area contributed by atoms with Gasteiger partial charge in [0.05, 0.1) is 6.61 Å². The van der Waals surface area contributed by atoms with Crippen LogP contribution in [0.1, 0.15) is 40.0 Å². The molecule has 0 radical (unpaired) electrons. The van der Waals surface area contributed by atoms with Gasteiger partial charge in [0.15, 0.2) is 0 Å². The highest BCUT2D eigenvalue weighted by Crippen LogP contribution is 2.16. The van der Waals surface area contributed by atoms with Crippen LogP contribution in [0, 0.1) is 0 Å². The van der Waals surface area contributed by atoms with E-state index in [1.165, 1.54) is 11.1 Å². The molecule has 1 heterocycles. The molecule has 0 aliphatic carbocycles. The second-order valence-electron chi connectivity index (χ2n) is 5.94. The van der Waals surface area contributed by atoms with Crippen LogP contribution in [0.4, 0.5) is 0 Å². The lowest BCUT2D eigenvalue weighted by atomic mass is 10.1. The first kappa shape index (κ1) is 17.1. The topological polar surface area (TPSA) is 39.4 Å². The second kappa shape index (κ2) is 8.37. The van der Waals surface area contributed by atoms with Gasteiger partial charge in [-0.05, 0) is 52.2 Å². The lowest BCUT2D eigenvalue weighted by molar-refractivity contribution is 0.308. The third kappa shape index (κ3) is 5.44. The number of ether oxygens (including phenoxy) is 1. The van der Waals surface area contributed by atoms with Crippen LogP contribution in [0.3, 0.4) is 0 Å². The Hall–Kier alpha value is -2.29. The normalized spacial score (nSPS) is 11.5. The average Bonchev–Trinajstić information content (AvgIpc) is 2.51. The monoisotopic (exact) mass is 312 g/mol. The molecule has 3 nitrogen and oxygen atoms in total. The molecule has 0 amide bonds. The molecule has 1 aromatic heterocycles. The smallest absolute Gasteiger partial charge is 0.379 e. The van der Waals surface area contributed by atoms with E-state index in [2.05, 4.69) is 32.9 Å². The van der Waals surface area contributed by atoms with E-state index in [1.54, 1.807) is 12.1 Å². The van der Waals surface area contributed by atoms with Crippen molar-refractivity contribution in [1.29, 1.82) is 0 Å². The highest BCUT2D eigenvalue weighted by Gasteiger charge is 2.05. The molecule has 23 heavy (non-hydrogen) atoms. The van der Waals surface area contributed by atoms with Gasteiger partial charge in [-0.15, -0.1) is 0 Å². The Morgan fingerprint density at radius 2 is 1.91 bits per heavy atom. The molecule has 0 spiro atoms. The van der Waals surface area contributed by atoms with Gasteiger partial charge in [-0.25, -0.2) is 4.79 Å². The number of fused-ring (bicyclic) bond motifs is 1. The molecular formula is C20H24O3. The van der Waals surface area contributed by atoms with Crippen LogP contribution in [-0.2, 0) is 0 Å². The maximum absolute atomic E-state index is 11.9. The summed E-state index contributed by atoms with van der Waals surface area (Å²) in [6, 6.07) is 9.17. The van der Waals surface area contributed by atoms with Crippen molar-refractivity contribution in [3.8, 4) is 5.75 Å². The standard InChI is InChI=1S/C20H24O3/c1-15(2)8-6-9-16(3)10-7-13-22-19-14-17-11-4-5-12-18(17)23-20(19)21/h4-5,8,10-12,14H,6-7,9,13H2,1-3H3/b16-10+. The maximum atomic E-state index is 11.9. The molecule has 0 saturated heterocycles. The van der Waals surface area contributed by atoms with Crippen LogP contribution in [-0.4, -0.2) is 6.61 Å². The zero-order chi connectivity index (χ0) is 16.7. The molecule has 0 aliphatic heterocycles. The number of allylic oxidation sites excluding steroid dienone is 3. The molecule has 1 aromatic carbocycles. The largest absolute Gasteiger partial charge is 0.486 e. The minimum Gasteiger partial charge on any atom is -0.486 e. The van der Waals surface area contributed by atoms with Gasteiger partial charge in [-0.1, -0.05) is 41.5 Å². The van der Waals surface area contributed by atoms with Crippen molar-refractivity contribution in [2.75, 3.05) is 6.61 Å². The fraction of sp³-hybridized carbons (Fsp3) is 0.350. The first-order valence-corrected chi connectivity index (χ1v) is 8.01.